The molecule has 0 radical (unpaired) electrons. The molecule has 0 saturated carbocycles. The third kappa shape index (κ3) is 5.99. The van der Waals surface area contributed by atoms with Gasteiger partial charge < -0.3 is 14.4 Å². The summed E-state index contributed by atoms with van der Waals surface area (Å²) < 4.78 is 10.3. The summed E-state index contributed by atoms with van der Waals surface area (Å²) in [5, 5.41) is 0.138. The van der Waals surface area contributed by atoms with Crippen LogP contribution in [-0.4, -0.2) is 54.9 Å². The van der Waals surface area contributed by atoms with Crippen molar-refractivity contribution < 1.29 is 28.7 Å². The van der Waals surface area contributed by atoms with Gasteiger partial charge in [-0.2, -0.15) is 0 Å². The Morgan fingerprint density at radius 3 is 2.58 bits per heavy atom. The largest absolute Gasteiger partial charge is 0.490 e. The molecule has 0 bridgehead atoms. The van der Waals surface area contributed by atoms with Crippen molar-refractivity contribution >= 4 is 41.0 Å². The zero-order valence-corrected chi connectivity index (χ0v) is 18.6. The number of esters is 1. The number of ether oxygens (including phenoxy) is 2. The van der Waals surface area contributed by atoms with E-state index in [1.54, 1.807) is 30.3 Å². The molecule has 3 amide bonds. The van der Waals surface area contributed by atoms with Crippen molar-refractivity contribution in [2.24, 2.45) is 5.84 Å². The van der Waals surface area contributed by atoms with E-state index in [0.717, 1.165) is 0 Å². The molecule has 174 valence electrons. The Bertz CT molecular complexity index is 1080. The summed E-state index contributed by atoms with van der Waals surface area (Å²) in [6.07, 6.45) is 0. The number of carbonyl (C=O) groups is 4. The number of halogens is 1. The number of rotatable bonds is 7. The minimum Gasteiger partial charge on any atom is -0.490 e. The van der Waals surface area contributed by atoms with Gasteiger partial charge in [0.15, 0.2) is 0 Å². The van der Waals surface area contributed by atoms with E-state index in [-0.39, 0.29) is 43.4 Å². The number of nitrogens with one attached hydrogen (secondary N) is 1. The Balaban J connectivity index is 1.82. The summed E-state index contributed by atoms with van der Waals surface area (Å²) in [5.41, 5.74) is 3.43. The molecule has 33 heavy (non-hydrogen) atoms. The second-order valence-electron chi connectivity index (χ2n) is 7.17. The maximum Gasteiger partial charge on any atom is 0.302 e. The van der Waals surface area contributed by atoms with E-state index in [2.05, 4.69) is 0 Å². The summed E-state index contributed by atoms with van der Waals surface area (Å²) in [6.45, 7) is 1.16. The summed E-state index contributed by atoms with van der Waals surface area (Å²) in [5.74, 6) is 3.73. The highest BCUT2D eigenvalue weighted by atomic mass is 35.5. The highest BCUT2D eigenvalue weighted by molar-refractivity contribution is 6.34. The molecule has 0 atom stereocenters. The van der Waals surface area contributed by atoms with Gasteiger partial charge in [-0.25, -0.2) is 5.84 Å². The number of benzene rings is 2. The highest BCUT2D eigenvalue weighted by Gasteiger charge is 2.31. The number of hydrazine groups is 1. The van der Waals surface area contributed by atoms with Crippen LogP contribution in [0.25, 0.3) is 0 Å². The van der Waals surface area contributed by atoms with Gasteiger partial charge in [0.05, 0.1) is 10.6 Å². The SMILES string of the molecule is CC(=O)OCCOc1ccc(C(=O)N2CC(=O)N(CC(=O)NN)Cc3ccccc32)c(Cl)c1. The van der Waals surface area contributed by atoms with Gasteiger partial charge in [0.1, 0.15) is 32.1 Å². The summed E-state index contributed by atoms with van der Waals surface area (Å²) in [4.78, 5) is 51.4. The van der Waals surface area contributed by atoms with E-state index < -0.39 is 23.7 Å². The van der Waals surface area contributed by atoms with Gasteiger partial charge in [-0.15, -0.1) is 0 Å². The molecule has 0 aromatic heterocycles. The summed E-state index contributed by atoms with van der Waals surface area (Å²) in [6, 6.07) is 11.6. The average molecular weight is 475 g/mol. The first kappa shape index (κ1) is 24.0. The molecule has 2 aromatic carbocycles. The number of amides is 3. The fraction of sp³-hybridized carbons (Fsp3) is 0.273. The molecule has 3 N–H and O–H groups in total. The fourth-order valence-corrected chi connectivity index (χ4v) is 3.57. The first-order valence-corrected chi connectivity index (χ1v) is 10.4. The standard InChI is InChI=1S/C22H23ClN4O6/c1-14(28)32-8-9-33-16-6-7-17(18(23)10-16)22(31)27-13-21(30)26(12-20(29)25-24)11-15-4-2-3-5-19(15)27/h2-7,10H,8-9,11-13,24H2,1H3,(H,25,29). The predicted molar refractivity (Wildman–Crippen MR) is 119 cm³/mol. The second kappa shape index (κ2) is 10.8. The van der Waals surface area contributed by atoms with Gasteiger partial charge in [0.25, 0.3) is 11.8 Å². The number of fused-ring (bicyclic) bond motifs is 1. The van der Waals surface area contributed by atoms with Crippen LogP contribution in [0.4, 0.5) is 5.69 Å². The van der Waals surface area contributed by atoms with Crippen LogP contribution in [-0.2, 0) is 25.7 Å². The molecular weight excluding hydrogens is 452 g/mol. The quantitative estimate of drug-likeness (QED) is 0.203. The van der Waals surface area contributed by atoms with Crippen LogP contribution in [0.15, 0.2) is 42.5 Å². The molecule has 0 saturated heterocycles. The van der Waals surface area contributed by atoms with Crippen LogP contribution in [0, 0.1) is 0 Å². The Morgan fingerprint density at radius 2 is 1.88 bits per heavy atom. The van der Waals surface area contributed by atoms with Gasteiger partial charge in [0.2, 0.25) is 5.91 Å². The van der Waals surface area contributed by atoms with Gasteiger partial charge in [-0.3, -0.25) is 29.5 Å². The molecule has 0 spiro atoms. The molecule has 3 rings (SSSR count). The monoisotopic (exact) mass is 474 g/mol. The van der Waals surface area contributed by atoms with Crippen LogP contribution < -0.4 is 20.9 Å². The minimum absolute atomic E-state index is 0.0823. The molecule has 11 heteroatoms. The van der Waals surface area contributed by atoms with Crippen molar-refractivity contribution in [3.63, 3.8) is 0 Å². The normalized spacial score (nSPS) is 13.1. The van der Waals surface area contributed by atoms with Crippen molar-refractivity contribution in [1.29, 1.82) is 0 Å². The molecule has 0 unspecified atom stereocenters. The number of nitrogens with two attached hydrogens (primary N) is 1. The van der Waals surface area contributed by atoms with Crippen LogP contribution in [0.1, 0.15) is 22.8 Å². The lowest BCUT2D eigenvalue weighted by atomic mass is 10.1. The van der Waals surface area contributed by atoms with Gasteiger partial charge in [-0.1, -0.05) is 29.8 Å². The van der Waals surface area contributed by atoms with Crippen molar-refractivity contribution in [3.8, 4) is 5.75 Å². The van der Waals surface area contributed by atoms with E-state index in [1.165, 1.54) is 28.9 Å². The van der Waals surface area contributed by atoms with Gasteiger partial charge in [-0.05, 0) is 29.8 Å². The van der Waals surface area contributed by atoms with Crippen LogP contribution in [0.2, 0.25) is 5.02 Å². The van der Waals surface area contributed by atoms with Crippen molar-refractivity contribution in [3.05, 3.63) is 58.6 Å². The smallest absolute Gasteiger partial charge is 0.302 e. The molecule has 0 fully saturated rings. The lowest BCUT2D eigenvalue weighted by molar-refractivity contribution is -0.141. The van der Waals surface area contributed by atoms with Crippen molar-refractivity contribution in [1.82, 2.24) is 10.3 Å². The van der Waals surface area contributed by atoms with E-state index in [0.29, 0.717) is 17.0 Å². The first-order valence-electron chi connectivity index (χ1n) is 10.0. The molecule has 1 aliphatic heterocycles. The Hall–Kier alpha value is -3.63. The number of hydrogen-bond acceptors (Lipinski definition) is 7. The highest BCUT2D eigenvalue weighted by Crippen LogP contribution is 2.30. The number of carbonyl (C=O) groups excluding carboxylic acids is 4. The Kier molecular flexibility index (Phi) is 7.86. The first-order chi connectivity index (χ1) is 15.8. The molecular formula is C22H23ClN4O6. The Labute approximate surface area is 195 Å². The number of hydrogen-bond donors (Lipinski definition) is 2. The second-order valence-corrected chi connectivity index (χ2v) is 7.57. The molecule has 2 aromatic rings. The maximum atomic E-state index is 13.4. The van der Waals surface area contributed by atoms with Crippen LogP contribution in [0.5, 0.6) is 5.75 Å². The van der Waals surface area contributed by atoms with Crippen LogP contribution in [0.3, 0.4) is 0 Å². The third-order valence-electron chi connectivity index (χ3n) is 4.86. The average Bonchev–Trinajstić information content (AvgIpc) is 2.92. The Morgan fingerprint density at radius 1 is 1.12 bits per heavy atom. The van der Waals surface area contributed by atoms with E-state index in [9.17, 15) is 19.2 Å². The third-order valence-corrected chi connectivity index (χ3v) is 5.17. The zero-order chi connectivity index (χ0) is 24.0. The number of nitrogens with zero attached hydrogens (tertiary/aromatic N) is 2. The number of anilines is 1. The topological polar surface area (TPSA) is 131 Å². The lowest BCUT2D eigenvalue weighted by Crippen LogP contribution is -2.45. The minimum atomic E-state index is -0.520. The predicted octanol–water partition coefficient (Wildman–Crippen LogP) is 1.26. The van der Waals surface area contributed by atoms with E-state index >= 15 is 0 Å². The van der Waals surface area contributed by atoms with Crippen molar-refractivity contribution in [2.45, 2.75) is 13.5 Å². The van der Waals surface area contributed by atoms with Gasteiger partial charge >= 0.3 is 5.97 Å². The molecule has 0 aliphatic carbocycles. The lowest BCUT2D eigenvalue weighted by Gasteiger charge is -2.23. The van der Waals surface area contributed by atoms with E-state index in [1.807, 2.05) is 5.43 Å². The number of para-hydroxylation sites is 1. The summed E-state index contributed by atoms with van der Waals surface area (Å²) >= 11 is 6.35. The zero-order valence-electron chi connectivity index (χ0n) is 17.9. The fourth-order valence-electron chi connectivity index (χ4n) is 3.32. The summed E-state index contributed by atoms with van der Waals surface area (Å²) in [7, 11) is 0. The van der Waals surface area contributed by atoms with Crippen LogP contribution >= 0.6 is 11.6 Å². The van der Waals surface area contributed by atoms with E-state index in [4.69, 9.17) is 26.9 Å². The van der Waals surface area contributed by atoms with Gasteiger partial charge in [0, 0.05) is 19.2 Å². The maximum absolute atomic E-state index is 13.4. The molecule has 10 nitrogen and oxygen atoms in total. The molecule has 1 aliphatic rings. The van der Waals surface area contributed by atoms with Crippen molar-refractivity contribution in [2.75, 3.05) is 31.2 Å². The molecule has 1 heterocycles.